The second-order valence-corrected chi connectivity index (χ2v) is 10.1. The van der Waals surface area contributed by atoms with E-state index >= 15 is 0 Å². The molecule has 0 radical (unpaired) electrons. The van der Waals surface area contributed by atoms with Gasteiger partial charge in [0, 0.05) is 11.7 Å². The Bertz CT molecular complexity index is 1370. The van der Waals surface area contributed by atoms with Crippen molar-refractivity contribution in [1.82, 2.24) is 29.9 Å². The van der Waals surface area contributed by atoms with Crippen LogP contribution in [-0.2, 0) is 0 Å². The van der Waals surface area contributed by atoms with Crippen LogP contribution in [0, 0.1) is 24.6 Å². The highest BCUT2D eigenvalue weighted by atomic mass is 32.1. The summed E-state index contributed by atoms with van der Waals surface area (Å²) in [6.45, 7) is 4.37. The van der Waals surface area contributed by atoms with Gasteiger partial charge in [0.25, 0.3) is 11.1 Å². The van der Waals surface area contributed by atoms with Gasteiger partial charge in [-0.05, 0) is 61.9 Å². The molecule has 4 aromatic rings. The standard InChI is InChI=1S/C24H23FN6O2S/c1-13-3-6-19(31-26-7-8-27-31)22(28-13)23(32)30-17-9-15(10-17)14(2)20(30)12-33-24-29-18-5-4-16(25)11-21(18)34-24/h3-8,11,14-15,17,20H,9-10,12H2,1-2H3/t14-,15?,17?,20+/m0/s1. The summed E-state index contributed by atoms with van der Waals surface area (Å²) in [7, 11) is 0. The van der Waals surface area contributed by atoms with Crippen LogP contribution in [0.5, 0.6) is 5.19 Å². The molecule has 3 aromatic heterocycles. The molecule has 2 bridgehead atoms. The number of halogens is 1. The second-order valence-electron chi connectivity index (χ2n) is 9.07. The smallest absolute Gasteiger partial charge is 0.275 e. The van der Waals surface area contributed by atoms with Crippen molar-refractivity contribution in [1.29, 1.82) is 0 Å². The summed E-state index contributed by atoms with van der Waals surface area (Å²) in [5, 5.41) is 8.89. The fourth-order valence-corrected chi connectivity index (χ4v) is 5.95. The highest BCUT2D eigenvalue weighted by molar-refractivity contribution is 7.20. The summed E-state index contributed by atoms with van der Waals surface area (Å²) in [5.74, 6) is 0.418. The molecule has 0 spiro atoms. The SMILES string of the molecule is Cc1ccc(-n2nccn2)c(C(=O)N2C3CC(C3)[C@H](C)[C@H]2COc2nc3ccc(F)cc3s2)n1. The molecule has 2 aliphatic heterocycles. The van der Waals surface area contributed by atoms with E-state index in [1.807, 2.05) is 24.0 Å². The van der Waals surface area contributed by atoms with Crippen molar-refractivity contribution in [2.45, 2.75) is 38.8 Å². The molecule has 34 heavy (non-hydrogen) atoms. The Morgan fingerprint density at radius 2 is 1.97 bits per heavy atom. The van der Waals surface area contributed by atoms with E-state index in [9.17, 15) is 9.18 Å². The summed E-state index contributed by atoms with van der Waals surface area (Å²) in [6, 6.07) is 8.23. The van der Waals surface area contributed by atoms with Gasteiger partial charge in [-0.3, -0.25) is 4.79 Å². The van der Waals surface area contributed by atoms with Crippen molar-refractivity contribution in [2.75, 3.05) is 6.61 Å². The molecule has 0 unspecified atom stereocenters. The quantitative estimate of drug-likeness (QED) is 0.430. The van der Waals surface area contributed by atoms with Crippen molar-refractivity contribution in [3.05, 3.63) is 59.9 Å². The molecular formula is C24H23FN6O2S. The minimum absolute atomic E-state index is 0.116. The fraction of sp³-hybridized carbons (Fsp3) is 0.375. The molecule has 3 aliphatic rings. The number of aromatic nitrogens is 5. The van der Waals surface area contributed by atoms with E-state index in [0.717, 1.165) is 23.2 Å². The number of hydrogen-bond donors (Lipinski definition) is 0. The van der Waals surface area contributed by atoms with Gasteiger partial charge in [-0.25, -0.2) is 14.4 Å². The maximum atomic E-state index is 13.9. The zero-order chi connectivity index (χ0) is 23.4. The number of amides is 1. The minimum Gasteiger partial charge on any atom is -0.468 e. The monoisotopic (exact) mass is 478 g/mol. The van der Waals surface area contributed by atoms with Gasteiger partial charge in [-0.15, -0.1) is 4.80 Å². The normalized spacial score (nSPS) is 23.7. The number of rotatable bonds is 5. The average molecular weight is 479 g/mol. The minimum atomic E-state index is -0.298. The van der Waals surface area contributed by atoms with Gasteiger partial charge in [-0.2, -0.15) is 10.2 Å². The van der Waals surface area contributed by atoms with Crippen LogP contribution in [0.25, 0.3) is 15.9 Å². The first-order chi connectivity index (χ1) is 16.5. The third-order valence-corrected chi connectivity index (χ3v) is 7.97. The number of fused-ring (bicyclic) bond motifs is 3. The van der Waals surface area contributed by atoms with Gasteiger partial charge in [-0.1, -0.05) is 18.3 Å². The lowest BCUT2D eigenvalue weighted by atomic mass is 9.64. The van der Waals surface area contributed by atoms with Gasteiger partial charge in [0.05, 0.1) is 28.7 Å². The lowest BCUT2D eigenvalue weighted by Crippen LogP contribution is -2.64. The Hall–Kier alpha value is -3.40. The van der Waals surface area contributed by atoms with E-state index in [2.05, 4.69) is 27.1 Å². The maximum absolute atomic E-state index is 13.9. The summed E-state index contributed by atoms with van der Waals surface area (Å²) in [6.07, 6.45) is 5.14. The van der Waals surface area contributed by atoms with Gasteiger partial charge in [0.2, 0.25) is 0 Å². The van der Waals surface area contributed by atoms with E-state index in [4.69, 9.17) is 4.74 Å². The van der Waals surface area contributed by atoms with Gasteiger partial charge in [0.1, 0.15) is 18.1 Å². The van der Waals surface area contributed by atoms with E-state index in [-0.39, 0.29) is 29.7 Å². The molecule has 0 N–H and O–H groups in total. The Kier molecular flexibility index (Phi) is 5.05. The predicted octanol–water partition coefficient (Wildman–Crippen LogP) is 4.04. The fourth-order valence-electron chi connectivity index (χ4n) is 5.10. The van der Waals surface area contributed by atoms with E-state index in [1.165, 1.54) is 28.3 Å². The van der Waals surface area contributed by atoms with Crippen LogP contribution in [0.4, 0.5) is 4.39 Å². The average Bonchev–Trinajstić information content (AvgIpc) is 3.46. The molecule has 10 heteroatoms. The van der Waals surface area contributed by atoms with Crippen LogP contribution in [0.3, 0.4) is 0 Å². The van der Waals surface area contributed by atoms with E-state index in [0.29, 0.717) is 34.6 Å². The van der Waals surface area contributed by atoms with Gasteiger partial charge >= 0.3 is 0 Å². The number of hydrogen-bond acceptors (Lipinski definition) is 7. The van der Waals surface area contributed by atoms with Crippen molar-refractivity contribution in [3.8, 4) is 10.9 Å². The largest absolute Gasteiger partial charge is 0.468 e. The zero-order valence-electron chi connectivity index (χ0n) is 18.8. The Labute approximate surface area is 199 Å². The first-order valence-electron chi connectivity index (χ1n) is 11.3. The van der Waals surface area contributed by atoms with Crippen LogP contribution in [0.1, 0.15) is 35.9 Å². The van der Waals surface area contributed by atoms with Crippen LogP contribution in [0.15, 0.2) is 42.7 Å². The number of aryl methyl sites for hydroxylation is 1. The molecule has 3 fully saturated rings. The number of nitrogens with zero attached hydrogens (tertiary/aromatic N) is 6. The van der Waals surface area contributed by atoms with Crippen molar-refractivity contribution >= 4 is 27.5 Å². The molecule has 1 aromatic carbocycles. The molecule has 1 aliphatic carbocycles. The van der Waals surface area contributed by atoms with Crippen LogP contribution in [0.2, 0.25) is 0 Å². The van der Waals surface area contributed by atoms with E-state index in [1.54, 1.807) is 18.5 Å². The van der Waals surface area contributed by atoms with E-state index < -0.39 is 0 Å². The summed E-state index contributed by atoms with van der Waals surface area (Å²) in [5.41, 5.74) is 2.36. The van der Waals surface area contributed by atoms with Crippen LogP contribution in [-0.4, -0.2) is 54.5 Å². The van der Waals surface area contributed by atoms with Crippen molar-refractivity contribution in [3.63, 3.8) is 0 Å². The van der Waals surface area contributed by atoms with Crippen LogP contribution >= 0.6 is 11.3 Å². The number of carbonyl (C=O) groups is 1. The maximum Gasteiger partial charge on any atom is 0.275 e. The summed E-state index contributed by atoms with van der Waals surface area (Å²) in [4.78, 5) is 26.4. The van der Waals surface area contributed by atoms with Crippen LogP contribution < -0.4 is 4.74 Å². The lowest BCUT2D eigenvalue weighted by Gasteiger charge is -2.56. The van der Waals surface area contributed by atoms with Gasteiger partial charge in [0.15, 0.2) is 5.69 Å². The molecule has 2 saturated heterocycles. The zero-order valence-corrected chi connectivity index (χ0v) is 19.6. The predicted molar refractivity (Wildman–Crippen MR) is 125 cm³/mol. The lowest BCUT2D eigenvalue weighted by molar-refractivity contribution is -0.0673. The summed E-state index contributed by atoms with van der Waals surface area (Å²) < 4.78 is 20.4. The third kappa shape index (κ3) is 3.53. The van der Waals surface area contributed by atoms with Crippen molar-refractivity contribution < 1.29 is 13.9 Å². The van der Waals surface area contributed by atoms with Gasteiger partial charge < -0.3 is 9.64 Å². The molecule has 1 saturated carbocycles. The molecular weight excluding hydrogens is 455 g/mol. The third-order valence-electron chi connectivity index (χ3n) is 7.04. The molecule has 1 amide bonds. The first-order valence-corrected chi connectivity index (χ1v) is 12.2. The second kappa shape index (κ2) is 8.12. The highest BCUT2D eigenvalue weighted by Gasteiger charge is 2.51. The number of piperidine rings is 2. The molecule has 174 valence electrons. The number of thiazole rings is 1. The summed E-state index contributed by atoms with van der Waals surface area (Å²) >= 11 is 1.31. The molecule has 5 heterocycles. The van der Waals surface area contributed by atoms with Crippen molar-refractivity contribution in [2.24, 2.45) is 11.8 Å². The number of benzene rings is 1. The number of pyridine rings is 1. The first kappa shape index (κ1) is 21.2. The Morgan fingerprint density at radius 3 is 2.76 bits per heavy atom. The number of carbonyl (C=O) groups excluding carboxylic acids is 1. The Morgan fingerprint density at radius 1 is 1.18 bits per heavy atom. The topological polar surface area (TPSA) is 86.0 Å². The Balaban J connectivity index is 1.30. The highest BCUT2D eigenvalue weighted by Crippen LogP contribution is 2.47. The number of ether oxygens (including phenoxy) is 1. The molecule has 8 nitrogen and oxygen atoms in total. The molecule has 2 atom stereocenters. The molecule has 7 rings (SSSR count).